The molecule has 0 N–H and O–H groups in total. The molecule has 0 aromatic rings. The lowest BCUT2D eigenvalue weighted by Gasteiger charge is -2.28. The van der Waals surface area contributed by atoms with E-state index in [2.05, 4.69) is 0 Å². The molecule has 0 amide bonds. The van der Waals surface area contributed by atoms with E-state index in [1.165, 1.54) is 36.7 Å². The lowest BCUT2D eigenvalue weighted by molar-refractivity contribution is -0.421. The largest absolute Gasteiger partial charge is 0.754 e. The molecule has 0 aromatic heterocycles. The highest BCUT2D eigenvalue weighted by atomic mass is 35.5. The first-order chi connectivity index (χ1) is 7.58. The molecule has 16 heavy (non-hydrogen) atoms. The van der Waals surface area contributed by atoms with Gasteiger partial charge in [0.15, 0.2) is 0 Å². The number of halogens is 2. The van der Waals surface area contributed by atoms with E-state index in [1.807, 2.05) is 0 Å². The van der Waals surface area contributed by atoms with Crippen LogP contribution in [0.5, 0.6) is 0 Å². The summed E-state index contributed by atoms with van der Waals surface area (Å²) in [5, 5.41) is 12.8. The van der Waals surface area contributed by atoms with Crippen molar-refractivity contribution >= 4 is 23.2 Å². The maximum atomic E-state index is 11.5. The SMILES string of the molecule is O=[N+]1C=CC(Cl)=CC1=C1C=C(Cl)C=CN1[O-]. The van der Waals surface area contributed by atoms with Crippen molar-refractivity contribution < 1.29 is 4.76 Å². The zero-order chi connectivity index (χ0) is 11.7. The van der Waals surface area contributed by atoms with Crippen LogP contribution in [0.4, 0.5) is 0 Å². The fourth-order valence-corrected chi connectivity index (χ4v) is 1.62. The first kappa shape index (κ1) is 11.1. The number of rotatable bonds is 0. The van der Waals surface area contributed by atoms with Gasteiger partial charge in [-0.1, -0.05) is 23.2 Å². The van der Waals surface area contributed by atoms with E-state index in [-0.39, 0.29) is 11.4 Å². The molecule has 0 radical (unpaired) electrons. The summed E-state index contributed by atoms with van der Waals surface area (Å²) in [4.78, 5) is 11.5. The molecule has 0 saturated carbocycles. The number of nitrogens with zero attached hydrogens (tertiary/aromatic N) is 2. The second kappa shape index (κ2) is 4.25. The average Bonchev–Trinajstić information content (AvgIpc) is 2.25. The van der Waals surface area contributed by atoms with Crippen molar-refractivity contribution in [2.75, 3.05) is 0 Å². The number of hydroxylamine groups is 2. The molecule has 2 aliphatic rings. The van der Waals surface area contributed by atoms with Crippen molar-refractivity contribution in [2.45, 2.75) is 0 Å². The Hall–Kier alpha value is -1.36. The number of hydrogen-bond donors (Lipinski definition) is 0. The highest BCUT2D eigenvalue weighted by molar-refractivity contribution is 6.31. The Morgan fingerprint density at radius 1 is 1.19 bits per heavy atom. The summed E-state index contributed by atoms with van der Waals surface area (Å²) < 4.78 is 0.561. The molecular weight excluding hydrogens is 251 g/mol. The lowest BCUT2D eigenvalue weighted by Crippen LogP contribution is -2.16. The highest BCUT2D eigenvalue weighted by Crippen LogP contribution is 2.26. The van der Waals surface area contributed by atoms with Crippen molar-refractivity contribution in [3.63, 3.8) is 0 Å². The maximum Gasteiger partial charge on any atom is 0.286 e. The van der Waals surface area contributed by atoms with Crippen molar-refractivity contribution in [1.82, 2.24) is 5.06 Å². The molecule has 2 rings (SSSR count). The molecular formula is C10H6Cl2N2O2. The molecule has 2 aliphatic heterocycles. The Balaban J connectivity index is 2.53. The first-order valence-electron chi connectivity index (χ1n) is 4.36. The van der Waals surface area contributed by atoms with Crippen LogP contribution >= 0.6 is 23.2 Å². The molecule has 0 fully saturated rings. The Kier molecular flexibility index (Phi) is 2.96. The molecule has 82 valence electrons. The van der Waals surface area contributed by atoms with E-state index >= 15 is 0 Å². The molecule has 0 bridgehead atoms. The Labute approximate surface area is 102 Å². The van der Waals surface area contributed by atoms with Gasteiger partial charge in [-0.05, 0) is 18.4 Å². The number of allylic oxidation sites excluding steroid dienone is 6. The van der Waals surface area contributed by atoms with E-state index in [0.29, 0.717) is 19.9 Å². The van der Waals surface area contributed by atoms with Gasteiger partial charge in [0.1, 0.15) is 5.70 Å². The van der Waals surface area contributed by atoms with E-state index < -0.39 is 0 Å². The highest BCUT2D eigenvalue weighted by Gasteiger charge is 2.23. The predicted molar refractivity (Wildman–Crippen MR) is 62.0 cm³/mol. The third-order valence-corrected chi connectivity index (χ3v) is 2.50. The summed E-state index contributed by atoms with van der Waals surface area (Å²) >= 11 is 11.5. The normalized spacial score (nSPS) is 24.7. The van der Waals surface area contributed by atoms with Gasteiger partial charge < -0.3 is 10.3 Å². The van der Waals surface area contributed by atoms with Crippen molar-refractivity contribution in [3.05, 3.63) is 68.3 Å². The van der Waals surface area contributed by atoms with Crippen LogP contribution in [0.3, 0.4) is 0 Å². The maximum absolute atomic E-state index is 11.5. The minimum Gasteiger partial charge on any atom is -0.754 e. The zero-order valence-corrected chi connectivity index (χ0v) is 9.44. The topological polar surface area (TPSA) is 46.4 Å². The van der Waals surface area contributed by atoms with Gasteiger partial charge in [-0.3, -0.25) is 0 Å². The van der Waals surface area contributed by atoms with E-state index in [9.17, 15) is 10.1 Å². The van der Waals surface area contributed by atoms with Crippen LogP contribution in [-0.4, -0.2) is 9.82 Å². The molecule has 0 atom stereocenters. The van der Waals surface area contributed by atoms with Gasteiger partial charge in [0, 0.05) is 22.1 Å². The summed E-state index contributed by atoms with van der Waals surface area (Å²) in [6.07, 6.45) is 8.18. The molecule has 0 aromatic carbocycles. The van der Waals surface area contributed by atoms with E-state index in [4.69, 9.17) is 23.2 Å². The second-order valence-electron chi connectivity index (χ2n) is 3.11. The van der Waals surface area contributed by atoms with Gasteiger partial charge >= 0.3 is 0 Å². The lowest BCUT2D eigenvalue weighted by atomic mass is 10.2. The zero-order valence-electron chi connectivity index (χ0n) is 7.93. The first-order valence-corrected chi connectivity index (χ1v) is 5.11. The third-order valence-electron chi connectivity index (χ3n) is 2.02. The fraction of sp³-hybridized carbons (Fsp3) is 0. The molecule has 4 nitrogen and oxygen atoms in total. The van der Waals surface area contributed by atoms with Crippen molar-refractivity contribution in [3.8, 4) is 0 Å². The predicted octanol–water partition coefficient (Wildman–Crippen LogP) is 3.08. The van der Waals surface area contributed by atoms with Gasteiger partial charge in [-0.25, -0.2) is 0 Å². The molecule has 0 saturated heterocycles. The quantitative estimate of drug-likeness (QED) is 0.626. The molecule has 0 spiro atoms. The molecule has 0 unspecified atom stereocenters. The fourth-order valence-electron chi connectivity index (χ4n) is 1.30. The van der Waals surface area contributed by atoms with Crippen LogP contribution in [0.15, 0.2) is 58.2 Å². The summed E-state index contributed by atoms with van der Waals surface area (Å²) in [5.41, 5.74) is 0.315. The molecule has 6 heteroatoms. The van der Waals surface area contributed by atoms with Crippen LogP contribution in [0.1, 0.15) is 0 Å². The number of nitroso groups, excluding NO2 is 1. The minimum absolute atomic E-state index is 0.157. The number of hydrogen-bond acceptors (Lipinski definition) is 3. The van der Waals surface area contributed by atoms with Crippen LogP contribution in [0, 0.1) is 10.1 Å². The van der Waals surface area contributed by atoms with E-state index in [0.717, 1.165) is 0 Å². The van der Waals surface area contributed by atoms with Gasteiger partial charge in [-0.15, -0.1) is 0 Å². The van der Waals surface area contributed by atoms with Crippen LogP contribution in [-0.2, 0) is 0 Å². The third kappa shape index (κ3) is 2.09. The van der Waals surface area contributed by atoms with Crippen molar-refractivity contribution in [1.29, 1.82) is 0 Å². The monoisotopic (exact) mass is 256 g/mol. The van der Waals surface area contributed by atoms with Gasteiger partial charge in [0.25, 0.3) is 5.70 Å². The van der Waals surface area contributed by atoms with Gasteiger partial charge in [0.05, 0.1) is 9.79 Å². The molecule has 0 aliphatic carbocycles. The Morgan fingerprint density at radius 3 is 2.62 bits per heavy atom. The standard InChI is InChI=1S/C10H6Cl2N2O2/c11-7-1-3-13(15)9(5-7)10-6-8(12)2-4-14(10)16/h1-6H. The minimum atomic E-state index is 0.157. The van der Waals surface area contributed by atoms with Crippen LogP contribution < -0.4 is 0 Å². The van der Waals surface area contributed by atoms with Crippen LogP contribution in [0.25, 0.3) is 0 Å². The summed E-state index contributed by atoms with van der Waals surface area (Å²) in [5.74, 6) is 0. The Morgan fingerprint density at radius 2 is 1.88 bits per heavy atom. The van der Waals surface area contributed by atoms with Gasteiger partial charge in [0.2, 0.25) is 6.20 Å². The van der Waals surface area contributed by atoms with Gasteiger partial charge in [-0.2, -0.15) is 0 Å². The summed E-state index contributed by atoms with van der Waals surface area (Å²) in [6.45, 7) is 0. The smallest absolute Gasteiger partial charge is 0.286 e. The second-order valence-corrected chi connectivity index (χ2v) is 3.98. The summed E-state index contributed by atoms with van der Waals surface area (Å²) in [6, 6.07) is 0. The van der Waals surface area contributed by atoms with E-state index in [1.54, 1.807) is 0 Å². The van der Waals surface area contributed by atoms with Crippen molar-refractivity contribution in [2.24, 2.45) is 0 Å². The molecule has 2 heterocycles. The average molecular weight is 257 g/mol. The van der Waals surface area contributed by atoms with Crippen LogP contribution in [0.2, 0.25) is 0 Å². The Bertz CT molecular complexity index is 501. The summed E-state index contributed by atoms with van der Waals surface area (Å²) in [7, 11) is 0.